The van der Waals surface area contributed by atoms with Gasteiger partial charge in [-0.05, 0) is 24.6 Å². The summed E-state index contributed by atoms with van der Waals surface area (Å²) >= 11 is 4.95. The van der Waals surface area contributed by atoms with Gasteiger partial charge in [-0.3, -0.25) is 5.43 Å². The zero-order chi connectivity index (χ0) is 15.4. The van der Waals surface area contributed by atoms with E-state index in [1.165, 1.54) is 5.56 Å². The average Bonchev–Trinajstić information content (AvgIpc) is 2.99. The van der Waals surface area contributed by atoms with Crippen LogP contribution in [0.25, 0.3) is 11.3 Å². The monoisotopic (exact) mass is 451 g/mol. The number of aromatic nitrogens is 1. The summed E-state index contributed by atoms with van der Waals surface area (Å²) in [6.07, 6.45) is 1.78. The van der Waals surface area contributed by atoms with Crippen molar-refractivity contribution in [2.24, 2.45) is 5.10 Å². The van der Waals surface area contributed by atoms with Crippen LogP contribution in [0.4, 0.5) is 5.13 Å². The molecule has 0 amide bonds. The Morgan fingerprint density at radius 3 is 2.48 bits per heavy atom. The molecular formula is C17H15Br2N3S. The van der Waals surface area contributed by atoms with Crippen molar-refractivity contribution in [3.05, 3.63) is 69.5 Å². The zero-order valence-corrected chi connectivity index (χ0v) is 16.5. The minimum Gasteiger partial charge on any atom is -0.253 e. The van der Waals surface area contributed by atoms with E-state index < -0.39 is 0 Å². The van der Waals surface area contributed by atoms with Crippen molar-refractivity contribution in [1.29, 1.82) is 0 Å². The van der Waals surface area contributed by atoms with Gasteiger partial charge in [0.05, 0.1) is 11.9 Å². The van der Waals surface area contributed by atoms with Gasteiger partial charge >= 0.3 is 0 Å². The first-order chi connectivity index (χ1) is 10.7. The molecule has 0 aliphatic rings. The van der Waals surface area contributed by atoms with Crippen molar-refractivity contribution in [2.75, 3.05) is 5.43 Å². The molecule has 23 heavy (non-hydrogen) atoms. The summed E-state index contributed by atoms with van der Waals surface area (Å²) < 4.78 is 1.06. The standard InChI is InChI=1S/C17H14BrN3S.BrH/c1-12-2-6-14(7-3-12)16-11-22-17(20-16)21-19-10-13-4-8-15(18)9-5-13;/h2-11H,1H3,(H,20,21);1H/b19-10+;. The predicted molar refractivity (Wildman–Crippen MR) is 108 cm³/mol. The number of thiazole rings is 1. The van der Waals surface area contributed by atoms with Crippen LogP contribution in [-0.2, 0) is 0 Å². The lowest BCUT2D eigenvalue weighted by Gasteiger charge is -1.97. The van der Waals surface area contributed by atoms with Crippen LogP contribution in [0.1, 0.15) is 11.1 Å². The van der Waals surface area contributed by atoms with Crippen molar-refractivity contribution in [3.63, 3.8) is 0 Å². The molecule has 0 saturated carbocycles. The summed E-state index contributed by atoms with van der Waals surface area (Å²) in [5, 5.41) is 7.03. The number of anilines is 1. The summed E-state index contributed by atoms with van der Waals surface area (Å²) in [4.78, 5) is 4.54. The Kier molecular flexibility index (Phi) is 6.50. The summed E-state index contributed by atoms with van der Waals surface area (Å²) in [5.74, 6) is 0. The van der Waals surface area contributed by atoms with Gasteiger partial charge in [-0.15, -0.1) is 28.3 Å². The molecule has 0 saturated heterocycles. The second-order valence-corrected chi connectivity index (χ2v) is 6.60. The summed E-state index contributed by atoms with van der Waals surface area (Å²) in [6, 6.07) is 16.3. The Hall–Kier alpha value is -1.50. The maximum Gasteiger partial charge on any atom is 0.203 e. The van der Waals surface area contributed by atoms with Crippen LogP contribution in [0.15, 0.2) is 63.5 Å². The summed E-state index contributed by atoms with van der Waals surface area (Å²) in [5.41, 5.74) is 7.34. The number of aryl methyl sites for hydroxylation is 1. The number of hydrogen-bond donors (Lipinski definition) is 1. The fraction of sp³-hybridized carbons (Fsp3) is 0.0588. The number of rotatable bonds is 4. The Morgan fingerprint density at radius 2 is 1.78 bits per heavy atom. The van der Waals surface area contributed by atoms with Gasteiger partial charge in [0.25, 0.3) is 0 Å². The van der Waals surface area contributed by atoms with Crippen molar-refractivity contribution in [1.82, 2.24) is 4.98 Å². The molecule has 1 aromatic heterocycles. The van der Waals surface area contributed by atoms with Gasteiger partial charge in [0.2, 0.25) is 5.13 Å². The van der Waals surface area contributed by atoms with Crippen molar-refractivity contribution in [2.45, 2.75) is 6.92 Å². The van der Waals surface area contributed by atoms with E-state index in [1.54, 1.807) is 17.6 Å². The van der Waals surface area contributed by atoms with E-state index in [1.807, 2.05) is 29.6 Å². The van der Waals surface area contributed by atoms with Crippen LogP contribution in [-0.4, -0.2) is 11.2 Å². The highest BCUT2D eigenvalue weighted by Gasteiger charge is 2.03. The molecular weight excluding hydrogens is 438 g/mol. The van der Waals surface area contributed by atoms with E-state index in [0.29, 0.717) is 0 Å². The first-order valence-corrected chi connectivity index (χ1v) is 8.45. The number of nitrogens with one attached hydrogen (secondary N) is 1. The quantitative estimate of drug-likeness (QED) is 0.394. The molecule has 118 valence electrons. The largest absolute Gasteiger partial charge is 0.253 e. The maximum absolute atomic E-state index is 4.54. The third kappa shape index (κ3) is 4.99. The van der Waals surface area contributed by atoms with Gasteiger partial charge in [-0.2, -0.15) is 5.10 Å². The highest BCUT2D eigenvalue weighted by atomic mass is 79.9. The number of nitrogens with zero attached hydrogens (tertiary/aromatic N) is 2. The number of benzene rings is 2. The molecule has 0 atom stereocenters. The van der Waals surface area contributed by atoms with E-state index in [0.717, 1.165) is 26.4 Å². The van der Waals surface area contributed by atoms with E-state index in [4.69, 9.17) is 0 Å². The molecule has 6 heteroatoms. The van der Waals surface area contributed by atoms with Crippen molar-refractivity contribution in [3.8, 4) is 11.3 Å². The number of hydrogen-bond acceptors (Lipinski definition) is 4. The third-order valence-corrected chi connectivity index (χ3v) is 4.37. The molecule has 0 aliphatic heterocycles. The van der Waals surface area contributed by atoms with E-state index >= 15 is 0 Å². The zero-order valence-electron chi connectivity index (χ0n) is 12.4. The van der Waals surface area contributed by atoms with Crippen LogP contribution in [0.3, 0.4) is 0 Å². The molecule has 0 fully saturated rings. The molecule has 0 unspecified atom stereocenters. The SMILES string of the molecule is Br.Cc1ccc(-c2csc(N/N=C/c3ccc(Br)cc3)n2)cc1. The second kappa shape index (κ2) is 8.38. The van der Waals surface area contributed by atoms with E-state index in [2.05, 4.69) is 62.6 Å². The molecule has 1 heterocycles. The average molecular weight is 453 g/mol. The lowest BCUT2D eigenvalue weighted by Crippen LogP contribution is -1.90. The Morgan fingerprint density at radius 1 is 1.09 bits per heavy atom. The molecule has 0 bridgehead atoms. The molecule has 3 nitrogen and oxygen atoms in total. The molecule has 3 rings (SSSR count). The molecule has 1 N–H and O–H groups in total. The van der Waals surface area contributed by atoms with Gasteiger partial charge in [-0.1, -0.05) is 57.9 Å². The smallest absolute Gasteiger partial charge is 0.203 e. The van der Waals surface area contributed by atoms with Gasteiger partial charge in [0.15, 0.2) is 0 Å². The minimum atomic E-state index is 0. The van der Waals surface area contributed by atoms with Crippen LogP contribution in [0.5, 0.6) is 0 Å². The number of halogens is 2. The second-order valence-electron chi connectivity index (χ2n) is 4.83. The van der Waals surface area contributed by atoms with Crippen molar-refractivity contribution < 1.29 is 0 Å². The molecule has 0 radical (unpaired) electrons. The summed E-state index contributed by atoms with van der Waals surface area (Å²) in [6.45, 7) is 2.08. The van der Waals surface area contributed by atoms with Gasteiger partial charge in [0.1, 0.15) is 0 Å². The van der Waals surface area contributed by atoms with E-state index in [-0.39, 0.29) is 17.0 Å². The maximum atomic E-state index is 4.54. The van der Waals surface area contributed by atoms with Crippen LogP contribution in [0, 0.1) is 6.92 Å². The highest BCUT2D eigenvalue weighted by Crippen LogP contribution is 2.25. The lowest BCUT2D eigenvalue weighted by atomic mass is 10.1. The number of hydrazone groups is 1. The normalized spacial score (nSPS) is 10.5. The fourth-order valence-corrected chi connectivity index (χ4v) is 2.83. The summed E-state index contributed by atoms with van der Waals surface area (Å²) in [7, 11) is 0. The topological polar surface area (TPSA) is 37.3 Å². The Labute approximate surface area is 158 Å². The predicted octanol–water partition coefficient (Wildman–Crippen LogP) is 5.90. The van der Waals surface area contributed by atoms with Gasteiger partial charge in [-0.25, -0.2) is 4.98 Å². The van der Waals surface area contributed by atoms with Gasteiger partial charge in [0, 0.05) is 15.4 Å². The molecule has 0 spiro atoms. The Bertz CT molecular complexity index is 780. The highest BCUT2D eigenvalue weighted by molar-refractivity contribution is 9.10. The minimum absolute atomic E-state index is 0. The lowest BCUT2D eigenvalue weighted by molar-refractivity contribution is 1.29. The van der Waals surface area contributed by atoms with Crippen LogP contribution in [0.2, 0.25) is 0 Å². The Balaban J connectivity index is 0.00000192. The van der Waals surface area contributed by atoms with Crippen LogP contribution < -0.4 is 5.43 Å². The third-order valence-electron chi connectivity index (χ3n) is 3.10. The molecule has 3 aromatic rings. The van der Waals surface area contributed by atoms with Crippen molar-refractivity contribution >= 4 is 55.6 Å². The molecule has 2 aromatic carbocycles. The van der Waals surface area contributed by atoms with E-state index in [9.17, 15) is 0 Å². The first-order valence-electron chi connectivity index (χ1n) is 6.78. The van der Waals surface area contributed by atoms with Gasteiger partial charge < -0.3 is 0 Å². The first kappa shape index (κ1) is 17.8. The van der Waals surface area contributed by atoms with Crippen LogP contribution >= 0.6 is 44.2 Å². The molecule has 0 aliphatic carbocycles. The fourth-order valence-electron chi connectivity index (χ4n) is 1.89.